The highest BCUT2D eigenvalue weighted by Crippen LogP contribution is 2.29. The number of halogens is 2. The summed E-state index contributed by atoms with van der Waals surface area (Å²) in [5.41, 5.74) is -0.152. The first-order valence-corrected chi connectivity index (χ1v) is 4.72. The Morgan fingerprint density at radius 2 is 2.19 bits per heavy atom. The molecule has 88 valence electrons. The zero-order valence-electron chi connectivity index (χ0n) is 8.74. The van der Waals surface area contributed by atoms with Crippen molar-refractivity contribution in [2.45, 2.75) is 19.3 Å². The number of carbonyl (C=O) groups is 1. The minimum atomic E-state index is -2.92. The molecule has 0 spiro atoms. The lowest BCUT2D eigenvalue weighted by Gasteiger charge is -2.12. The molecule has 0 saturated carbocycles. The normalized spacial score (nSPS) is 11.2. The fraction of sp³-hybridized carbons (Fsp3) is 0.364. The average Bonchev–Trinajstić information content (AvgIpc) is 2.16. The third-order valence-corrected chi connectivity index (χ3v) is 1.93. The van der Waals surface area contributed by atoms with Crippen LogP contribution in [0.5, 0.6) is 5.75 Å². The molecule has 0 saturated heterocycles. The molecule has 0 aromatic heterocycles. The van der Waals surface area contributed by atoms with E-state index in [1.807, 2.05) is 0 Å². The number of benzene rings is 1. The lowest BCUT2D eigenvalue weighted by molar-refractivity contribution is -0.137. The molecule has 0 atom stereocenters. The van der Waals surface area contributed by atoms with Gasteiger partial charge in [0.25, 0.3) is 5.92 Å². The number of ether oxygens (including phenoxy) is 1. The van der Waals surface area contributed by atoms with E-state index >= 15 is 0 Å². The summed E-state index contributed by atoms with van der Waals surface area (Å²) in [5.74, 6) is -3.66. The van der Waals surface area contributed by atoms with Crippen LogP contribution in [0.2, 0.25) is 0 Å². The van der Waals surface area contributed by atoms with Gasteiger partial charge in [0, 0.05) is 12.5 Å². The number of carboxylic acids is 1. The van der Waals surface area contributed by atoms with Crippen molar-refractivity contribution in [2.24, 2.45) is 0 Å². The molecule has 0 radical (unpaired) electrons. The summed E-state index contributed by atoms with van der Waals surface area (Å²) in [6, 6.07) is 5.46. The molecule has 1 aromatic rings. The van der Waals surface area contributed by atoms with Crippen LogP contribution in [0.3, 0.4) is 0 Å². The average molecular weight is 230 g/mol. The third kappa shape index (κ3) is 3.84. The van der Waals surface area contributed by atoms with Crippen molar-refractivity contribution in [2.75, 3.05) is 6.61 Å². The predicted octanol–water partition coefficient (Wildman–Crippen LogP) is 2.65. The molecule has 1 N–H and O–H groups in total. The maximum atomic E-state index is 12.9. The zero-order chi connectivity index (χ0) is 12.2. The molecule has 0 heterocycles. The highest BCUT2D eigenvalue weighted by molar-refractivity contribution is 5.66. The molecule has 0 fully saturated rings. The Morgan fingerprint density at radius 3 is 2.75 bits per heavy atom. The summed E-state index contributed by atoms with van der Waals surface area (Å²) in [7, 11) is 0. The molecule has 5 heteroatoms. The van der Waals surface area contributed by atoms with Crippen LogP contribution in [0.15, 0.2) is 24.3 Å². The summed E-state index contributed by atoms with van der Waals surface area (Å²) in [6.07, 6.45) is -0.160. The first-order valence-electron chi connectivity index (χ1n) is 4.72. The van der Waals surface area contributed by atoms with Crippen LogP contribution in [0.4, 0.5) is 8.78 Å². The summed E-state index contributed by atoms with van der Waals surface area (Å²) in [5, 5.41) is 8.38. The van der Waals surface area contributed by atoms with Crippen molar-refractivity contribution >= 4 is 5.97 Å². The lowest BCUT2D eigenvalue weighted by Crippen LogP contribution is -2.08. The second-order valence-electron chi connectivity index (χ2n) is 3.41. The number of carboxylic acid groups (broad SMARTS) is 1. The van der Waals surface area contributed by atoms with Crippen LogP contribution in [0.1, 0.15) is 18.9 Å². The molecular weight excluding hydrogens is 218 g/mol. The summed E-state index contributed by atoms with van der Waals surface area (Å²) >= 11 is 0. The van der Waals surface area contributed by atoms with Crippen molar-refractivity contribution in [3.63, 3.8) is 0 Å². The largest absolute Gasteiger partial charge is 0.493 e. The van der Waals surface area contributed by atoms with Gasteiger partial charge in [-0.15, -0.1) is 0 Å². The molecule has 3 nitrogen and oxygen atoms in total. The summed E-state index contributed by atoms with van der Waals surface area (Å²) in [4.78, 5) is 10.2. The minimum Gasteiger partial charge on any atom is -0.493 e. The van der Waals surface area contributed by atoms with Gasteiger partial charge in [-0.25, -0.2) is 8.78 Å². The Bertz CT molecular complexity index is 372. The fourth-order valence-electron chi connectivity index (χ4n) is 1.12. The van der Waals surface area contributed by atoms with Crippen LogP contribution in [0, 0.1) is 0 Å². The maximum Gasteiger partial charge on any atom is 0.306 e. The van der Waals surface area contributed by atoms with Crippen LogP contribution in [-0.4, -0.2) is 17.7 Å². The Balaban J connectivity index is 2.64. The Hall–Kier alpha value is -1.65. The second kappa shape index (κ2) is 4.92. The van der Waals surface area contributed by atoms with E-state index in [0.717, 1.165) is 6.92 Å². The monoisotopic (exact) mass is 230 g/mol. The number of hydrogen-bond donors (Lipinski definition) is 1. The highest BCUT2D eigenvalue weighted by atomic mass is 19.3. The van der Waals surface area contributed by atoms with Gasteiger partial charge in [-0.3, -0.25) is 4.79 Å². The Kier molecular flexibility index (Phi) is 3.82. The Labute approximate surface area is 91.7 Å². The number of alkyl halides is 2. The van der Waals surface area contributed by atoms with E-state index in [9.17, 15) is 13.6 Å². The van der Waals surface area contributed by atoms with Gasteiger partial charge in [0.15, 0.2) is 0 Å². The SMILES string of the molecule is CC(F)(F)c1cccc(OCCC(=O)O)c1. The number of aliphatic carboxylic acids is 1. The molecule has 0 aliphatic heterocycles. The van der Waals surface area contributed by atoms with Crippen molar-refractivity contribution in [3.05, 3.63) is 29.8 Å². The van der Waals surface area contributed by atoms with E-state index in [-0.39, 0.29) is 24.3 Å². The standard InChI is InChI=1S/C11H12F2O3/c1-11(12,13)8-3-2-4-9(7-8)16-6-5-10(14)15/h2-4,7H,5-6H2,1H3,(H,14,15). The molecule has 0 aliphatic rings. The summed E-state index contributed by atoms with van der Waals surface area (Å²) < 4.78 is 30.9. The van der Waals surface area contributed by atoms with Crippen LogP contribution in [-0.2, 0) is 10.7 Å². The lowest BCUT2D eigenvalue weighted by atomic mass is 10.1. The van der Waals surface area contributed by atoms with Crippen molar-refractivity contribution in [1.82, 2.24) is 0 Å². The minimum absolute atomic E-state index is 0.0337. The van der Waals surface area contributed by atoms with E-state index in [2.05, 4.69) is 0 Å². The van der Waals surface area contributed by atoms with Gasteiger partial charge in [0.05, 0.1) is 13.0 Å². The van der Waals surface area contributed by atoms with E-state index in [1.54, 1.807) is 0 Å². The molecule has 16 heavy (non-hydrogen) atoms. The molecule has 1 aromatic carbocycles. The van der Waals surface area contributed by atoms with Gasteiger partial charge >= 0.3 is 5.97 Å². The molecular formula is C11H12F2O3. The second-order valence-corrected chi connectivity index (χ2v) is 3.41. The van der Waals surface area contributed by atoms with Crippen LogP contribution in [0.25, 0.3) is 0 Å². The summed E-state index contributed by atoms with van der Waals surface area (Å²) in [6.45, 7) is 0.761. The van der Waals surface area contributed by atoms with Gasteiger partial charge in [-0.05, 0) is 12.1 Å². The quantitative estimate of drug-likeness (QED) is 0.845. The smallest absolute Gasteiger partial charge is 0.306 e. The predicted molar refractivity (Wildman–Crippen MR) is 53.8 cm³/mol. The molecule has 0 aliphatic carbocycles. The third-order valence-electron chi connectivity index (χ3n) is 1.93. The van der Waals surface area contributed by atoms with Crippen molar-refractivity contribution in [3.8, 4) is 5.75 Å². The highest BCUT2D eigenvalue weighted by Gasteiger charge is 2.24. The Morgan fingerprint density at radius 1 is 1.50 bits per heavy atom. The fourth-order valence-corrected chi connectivity index (χ4v) is 1.12. The molecule has 0 bridgehead atoms. The molecule has 1 rings (SSSR count). The zero-order valence-corrected chi connectivity index (χ0v) is 8.74. The van der Waals surface area contributed by atoms with Gasteiger partial charge in [0.2, 0.25) is 0 Å². The molecule has 0 amide bonds. The van der Waals surface area contributed by atoms with Gasteiger partial charge in [-0.2, -0.15) is 0 Å². The van der Waals surface area contributed by atoms with Gasteiger partial charge < -0.3 is 9.84 Å². The first kappa shape index (κ1) is 12.4. The van der Waals surface area contributed by atoms with E-state index in [4.69, 9.17) is 9.84 Å². The van der Waals surface area contributed by atoms with E-state index in [0.29, 0.717) is 0 Å². The molecule has 0 unspecified atom stereocenters. The van der Waals surface area contributed by atoms with Crippen LogP contribution < -0.4 is 4.74 Å². The van der Waals surface area contributed by atoms with Gasteiger partial charge in [-0.1, -0.05) is 12.1 Å². The van der Waals surface area contributed by atoms with E-state index in [1.165, 1.54) is 24.3 Å². The topological polar surface area (TPSA) is 46.5 Å². The van der Waals surface area contributed by atoms with Crippen LogP contribution >= 0.6 is 0 Å². The van der Waals surface area contributed by atoms with E-state index < -0.39 is 11.9 Å². The maximum absolute atomic E-state index is 12.9. The number of hydrogen-bond acceptors (Lipinski definition) is 2. The first-order chi connectivity index (χ1) is 7.39. The van der Waals surface area contributed by atoms with Crippen molar-refractivity contribution < 1.29 is 23.4 Å². The van der Waals surface area contributed by atoms with Crippen molar-refractivity contribution in [1.29, 1.82) is 0 Å². The van der Waals surface area contributed by atoms with Gasteiger partial charge in [0.1, 0.15) is 5.75 Å². The number of rotatable bonds is 5.